The van der Waals surface area contributed by atoms with Gasteiger partial charge >= 0.3 is 5.97 Å². The zero-order valence-corrected chi connectivity index (χ0v) is 20.7. The van der Waals surface area contributed by atoms with E-state index in [1.165, 1.54) is 25.0 Å². The molecule has 188 valence electrons. The van der Waals surface area contributed by atoms with Crippen LogP contribution < -0.4 is 0 Å². The zero-order valence-electron chi connectivity index (χ0n) is 20.7. The summed E-state index contributed by atoms with van der Waals surface area (Å²) in [4.78, 5) is 25.6. The van der Waals surface area contributed by atoms with Gasteiger partial charge in [-0.2, -0.15) is 0 Å². The molecular formula is C28H34O7. The molecule has 5 aliphatic rings. The largest absolute Gasteiger partial charge is 0.459 e. The van der Waals surface area contributed by atoms with E-state index in [2.05, 4.69) is 12.1 Å². The minimum Gasteiger partial charge on any atom is -0.459 e. The van der Waals surface area contributed by atoms with Crippen molar-refractivity contribution in [1.82, 2.24) is 0 Å². The summed E-state index contributed by atoms with van der Waals surface area (Å²) in [6.45, 7) is 6.65. The lowest BCUT2D eigenvalue weighted by Crippen LogP contribution is -2.65. The fourth-order valence-electron chi connectivity index (χ4n) is 7.45. The summed E-state index contributed by atoms with van der Waals surface area (Å²) in [6, 6.07) is 6.28. The van der Waals surface area contributed by atoms with Crippen molar-refractivity contribution in [1.29, 1.82) is 0 Å². The average molecular weight is 483 g/mol. The molecule has 0 amide bonds. The molecule has 0 radical (unpaired) electrons. The van der Waals surface area contributed by atoms with E-state index < -0.39 is 34.3 Å². The van der Waals surface area contributed by atoms with Gasteiger partial charge in [-0.05, 0) is 68.7 Å². The number of ether oxygens (including phenoxy) is 2. The van der Waals surface area contributed by atoms with Crippen molar-refractivity contribution < 1.29 is 34.4 Å². The van der Waals surface area contributed by atoms with Crippen LogP contribution in [0.25, 0.3) is 0 Å². The van der Waals surface area contributed by atoms with E-state index in [0.717, 1.165) is 18.4 Å². The van der Waals surface area contributed by atoms with Gasteiger partial charge in [0.15, 0.2) is 11.4 Å². The Morgan fingerprint density at radius 3 is 2.57 bits per heavy atom. The second-order valence-electron chi connectivity index (χ2n) is 12.0. The van der Waals surface area contributed by atoms with E-state index in [-0.39, 0.29) is 42.2 Å². The van der Waals surface area contributed by atoms with Gasteiger partial charge in [0.25, 0.3) is 0 Å². The summed E-state index contributed by atoms with van der Waals surface area (Å²) < 4.78 is 11.6. The Morgan fingerprint density at radius 1 is 1.11 bits per heavy atom. The predicted octanol–water partition coefficient (Wildman–Crippen LogP) is 2.30. The van der Waals surface area contributed by atoms with Crippen molar-refractivity contribution in [3.8, 4) is 0 Å². The van der Waals surface area contributed by atoms with E-state index in [1.54, 1.807) is 12.2 Å². The summed E-state index contributed by atoms with van der Waals surface area (Å²) >= 11 is 0. The van der Waals surface area contributed by atoms with E-state index in [1.807, 2.05) is 19.9 Å². The molecule has 2 heterocycles. The zero-order chi connectivity index (χ0) is 25.1. The van der Waals surface area contributed by atoms with E-state index in [4.69, 9.17) is 9.47 Å². The lowest BCUT2D eigenvalue weighted by molar-refractivity contribution is -0.223. The number of aliphatic hydroxyl groups is 3. The summed E-state index contributed by atoms with van der Waals surface area (Å²) in [5, 5.41) is 32.7. The van der Waals surface area contributed by atoms with E-state index in [9.17, 15) is 24.9 Å². The summed E-state index contributed by atoms with van der Waals surface area (Å²) in [5.74, 6) is -0.935. The van der Waals surface area contributed by atoms with Crippen LogP contribution in [0.4, 0.5) is 0 Å². The predicted molar refractivity (Wildman–Crippen MR) is 126 cm³/mol. The number of epoxide rings is 1. The lowest BCUT2D eigenvalue weighted by atomic mass is 9.48. The second-order valence-corrected chi connectivity index (χ2v) is 12.0. The molecule has 0 unspecified atom stereocenters. The topological polar surface area (TPSA) is 117 Å². The molecule has 2 aliphatic heterocycles. The van der Waals surface area contributed by atoms with Crippen LogP contribution in [0.1, 0.15) is 75.5 Å². The first kappa shape index (κ1) is 23.3. The van der Waals surface area contributed by atoms with Crippen molar-refractivity contribution in [3.05, 3.63) is 47.0 Å². The third-order valence-electron chi connectivity index (χ3n) is 10.3. The van der Waals surface area contributed by atoms with Crippen LogP contribution in [-0.2, 0) is 25.5 Å². The molecule has 3 aliphatic carbocycles. The molecule has 1 saturated carbocycles. The SMILES string of the molecule is C[C@@H](c1ccc2c(c1)CC[C@H]1[C@H]2[C@@H]2O[C@@H]2[C@@]2(O)CC=CC(=O)[C@]12C)[C@H]1C[C@@](C)(O)[C@](C)(O)C(=O)O1. The van der Waals surface area contributed by atoms with Gasteiger partial charge in [-0.3, -0.25) is 4.79 Å². The second kappa shape index (κ2) is 7.03. The van der Waals surface area contributed by atoms with Crippen LogP contribution in [-0.4, -0.2) is 62.2 Å². The van der Waals surface area contributed by atoms with Crippen LogP contribution in [0, 0.1) is 11.3 Å². The van der Waals surface area contributed by atoms with E-state index in [0.29, 0.717) is 6.42 Å². The maximum atomic E-state index is 13.1. The summed E-state index contributed by atoms with van der Waals surface area (Å²) in [6.07, 6.45) is 4.59. The highest BCUT2D eigenvalue weighted by atomic mass is 16.6. The number of cyclic esters (lactones) is 1. The molecule has 2 saturated heterocycles. The van der Waals surface area contributed by atoms with Crippen molar-refractivity contribution in [2.45, 2.75) is 100 Å². The fraction of sp³-hybridized carbons (Fsp3) is 0.643. The van der Waals surface area contributed by atoms with Crippen molar-refractivity contribution in [2.75, 3.05) is 0 Å². The van der Waals surface area contributed by atoms with Crippen molar-refractivity contribution in [3.63, 3.8) is 0 Å². The van der Waals surface area contributed by atoms with Crippen LogP contribution in [0.5, 0.6) is 0 Å². The number of carbonyl (C=O) groups excluding carboxylic acids is 2. The third-order valence-corrected chi connectivity index (χ3v) is 10.3. The van der Waals surface area contributed by atoms with Gasteiger partial charge in [-0.15, -0.1) is 0 Å². The number of aryl methyl sites for hydroxylation is 1. The molecule has 7 nitrogen and oxygen atoms in total. The maximum Gasteiger partial charge on any atom is 0.341 e. The monoisotopic (exact) mass is 482 g/mol. The Morgan fingerprint density at radius 2 is 1.86 bits per heavy atom. The Labute approximate surface area is 205 Å². The van der Waals surface area contributed by atoms with Gasteiger partial charge < -0.3 is 24.8 Å². The van der Waals surface area contributed by atoms with Gasteiger partial charge in [0.05, 0.1) is 11.5 Å². The molecule has 7 heteroatoms. The highest BCUT2D eigenvalue weighted by Crippen LogP contribution is 2.66. The van der Waals surface area contributed by atoms with Crippen molar-refractivity contribution in [2.24, 2.45) is 11.3 Å². The van der Waals surface area contributed by atoms with Crippen LogP contribution in [0.2, 0.25) is 0 Å². The van der Waals surface area contributed by atoms with Gasteiger partial charge in [-0.25, -0.2) is 4.79 Å². The third kappa shape index (κ3) is 2.87. The Bertz CT molecular complexity index is 1150. The summed E-state index contributed by atoms with van der Waals surface area (Å²) in [5.41, 5.74) is -2.19. The molecule has 3 fully saturated rings. The molecule has 1 aromatic carbocycles. The number of allylic oxidation sites excluding steroid dienone is 1. The fourth-order valence-corrected chi connectivity index (χ4v) is 7.45. The van der Waals surface area contributed by atoms with Crippen LogP contribution in [0.3, 0.4) is 0 Å². The molecule has 6 rings (SSSR count). The molecule has 1 aromatic rings. The first-order chi connectivity index (χ1) is 16.3. The Balaban J connectivity index is 1.31. The molecular weight excluding hydrogens is 448 g/mol. The smallest absolute Gasteiger partial charge is 0.341 e. The Hall–Kier alpha value is -2.06. The van der Waals surface area contributed by atoms with Gasteiger partial charge in [0, 0.05) is 18.3 Å². The molecule has 10 atom stereocenters. The van der Waals surface area contributed by atoms with E-state index >= 15 is 0 Å². The maximum absolute atomic E-state index is 13.1. The van der Waals surface area contributed by atoms with Crippen LogP contribution >= 0.6 is 0 Å². The number of fused-ring (bicyclic) bond motifs is 8. The number of rotatable bonds is 2. The standard InChI is InChI=1S/C28H34O7/c1-14(19-13-25(2,31)27(4,32)24(30)34-19)15-7-9-17-16(12-15)8-10-18-21(17)22-23(35-22)28(33)11-5-6-20(29)26(18,28)3/h5-7,9,12,14,18-19,21-23,31-33H,8,10-11,13H2,1-4H3/t14-,18-,19+,21-,22-,23-,25+,26-,27+,28-/m0/s1. The number of carbonyl (C=O) groups is 2. The molecule has 0 spiro atoms. The first-order valence-electron chi connectivity index (χ1n) is 12.7. The highest BCUT2D eigenvalue weighted by molar-refractivity contribution is 5.97. The van der Waals surface area contributed by atoms with Gasteiger partial charge in [0.1, 0.15) is 23.4 Å². The number of ketones is 1. The lowest BCUT2D eigenvalue weighted by Gasteiger charge is -2.55. The minimum absolute atomic E-state index is 0.00102. The molecule has 3 N–H and O–H groups in total. The number of hydrogen-bond donors (Lipinski definition) is 3. The molecule has 0 aromatic heterocycles. The number of esters is 1. The average Bonchev–Trinajstić information content (AvgIpc) is 3.60. The molecule has 35 heavy (non-hydrogen) atoms. The number of benzene rings is 1. The molecule has 0 bridgehead atoms. The van der Waals surface area contributed by atoms with Crippen LogP contribution in [0.15, 0.2) is 30.4 Å². The highest BCUT2D eigenvalue weighted by Gasteiger charge is 2.75. The quantitative estimate of drug-likeness (QED) is 0.437. The summed E-state index contributed by atoms with van der Waals surface area (Å²) in [7, 11) is 0. The number of hydrogen-bond acceptors (Lipinski definition) is 7. The van der Waals surface area contributed by atoms with Gasteiger partial charge in [0.2, 0.25) is 0 Å². The first-order valence-corrected chi connectivity index (χ1v) is 12.7. The Kier molecular flexibility index (Phi) is 4.69. The normalized spacial score (nSPS) is 48.7. The minimum atomic E-state index is -1.94. The van der Waals surface area contributed by atoms with Gasteiger partial charge in [-0.1, -0.05) is 31.2 Å². The van der Waals surface area contributed by atoms with Crippen molar-refractivity contribution >= 4 is 11.8 Å².